The van der Waals surface area contributed by atoms with Gasteiger partial charge >= 0.3 is 0 Å². The predicted molar refractivity (Wildman–Crippen MR) is 49.4 cm³/mol. The van der Waals surface area contributed by atoms with Crippen LogP contribution in [0.2, 0.25) is 0 Å². The number of rotatable bonds is 3. The topological polar surface area (TPSA) is 64.7 Å². The van der Waals surface area contributed by atoms with E-state index < -0.39 is 5.60 Å². The first-order valence-electron chi connectivity index (χ1n) is 4.81. The van der Waals surface area contributed by atoms with Crippen molar-refractivity contribution in [3.8, 4) is 0 Å². The smallest absolute Gasteiger partial charge is 0.115 e. The lowest BCUT2D eigenvalue weighted by atomic mass is 9.86. The van der Waals surface area contributed by atoms with Crippen LogP contribution in [0.25, 0.3) is 0 Å². The van der Waals surface area contributed by atoms with Crippen LogP contribution in [0.5, 0.6) is 0 Å². The van der Waals surface area contributed by atoms with Crippen LogP contribution in [-0.2, 0) is 9.47 Å². The van der Waals surface area contributed by atoms with Gasteiger partial charge in [-0.3, -0.25) is 0 Å². The second-order valence-corrected chi connectivity index (χ2v) is 3.55. The third kappa shape index (κ3) is 2.64. The zero-order chi connectivity index (χ0) is 9.73. The van der Waals surface area contributed by atoms with E-state index in [1.807, 2.05) is 6.92 Å². The standard InChI is InChI=1S/C9H19NO3/c1-2-8(5-10)9(11)6-12-3-4-13-7-9/h8,11H,2-7,10H2,1H3. The van der Waals surface area contributed by atoms with E-state index in [-0.39, 0.29) is 5.92 Å². The SMILES string of the molecule is CCC(CN)C1(O)COCCOC1. The van der Waals surface area contributed by atoms with Crippen molar-refractivity contribution >= 4 is 0 Å². The maximum atomic E-state index is 10.2. The van der Waals surface area contributed by atoms with Gasteiger partial charge in [0.25, 0.3) is 0 Å². The van der Waals surface area contributed by atoms with Crippen molar-refractivity contribution in [3.63, 3.8) is 0 Å². The average Bonchev–Trinajstić information content (AvgIpc) is 2.33. The highest BCUT2D eigenvalue weighted by Crippen LogP contribution is 2.22. The van der Waals surface area contributed by atoms with Gasteiger partial charge in [0.05, 0.1) is 26.4 Å². The van der Waals surface area contributed by atoms with Crippen molar-refractivity contribution in [2.75, 3.05) is 33.0 Å². The Morgan fingerprint density at radius 2 is 1.92 bits per heavy atom. The fraction of sp³-hybridized carbons (Fsp3) is 1.00. The predicted octanol–water partition coefficient (Wildman–Crippen LogP) is -0.251. The largest absolute Gasteiger partial charge is 0.385 e. The molecule has 13 heavy (non-hydrogen) atoms. The molecule has 0 aromatic carbocycles. The van der Waals surface area contributed by atoms with Crippen LogP contribution in [0.3, 0.4) is 0 Å². The van der Waals surface area contributed by atoms with Crippen LogP contribution >= 0.6 is 0 Å². The first-order valence-corrected chi connectivity index (χ1v) is 4.81. The second-order valence-electron chi connectivity index (χ2n) is 3.55. The number of hydrogen-bond acceptors (Lipinski definition) is 4. The number of hydrogen-bond donors (Lipinski definition) is 2. The summed E-state index contributed by atoms with van der Waals surface area (Å²) in [4.78, 5) is 0. The number of ether oxygens (including phenoxy) is 2. The lowest BCUT2D eigenvalue weighted by Crippen LogP contribution is -2.48. The molecular formula is C9H19NO3. The summed E-state index contributed by atoms with van der Waals surface area (Å²) in [6, 6.07) is 0. The molecule has 0 amide bonds. The number of aliphatic hydroxyl groups is 1. The molecule has 1 aliphatic rings. The Balaban J connectivity index is 2.58. The Morgan fingerprint density at radius 1 is 1.38 bits per heavy atom. The van der Waals surface area contributed by atoms with Gasteiger partial charge in [-0.15, -0.1) is 0 Å². The summed E-state index contributed by atoms with van der Waals surface area (Å²) in [6.45, 7) is 4.28. The third-order valence-electron chi connectivity index (χ3n) is 2.61. The van der Waals surface area contributed by atoms with Gasteiger partial charge in [0, 0.05) is 5.92 Å². The van der Waals surface area contributed by atoms with Crippen LogP contribution < -0.4 is 5.73 Å². The minimum absolute atomic E-state index is 0.0607. The molecule has 0 aromatic heterocycles. The number of nitrogens with two attached hydrogens (primary N) is 1. The van der Waals surface area contributed by atoms with Gasteiger partial charge in [-0.1, -0.05) is 6.92 Å². The summed E-state index contributed by atoms with van der Waals surface area (Å²) >= 11 is 0. The summed E-state index contributed by atoms with van der Waals surface area (Å²) < 4.78 is 10.5. The molecule has 0 saturated carbocycles. The van der Waals surface area contributed by atoms with Crippen LogP contribution in [0, 0.1) is 5.92 Å². The average molecular weight is 189 g/mol. The molecule has 1 unspecified atom stereocenters. The van der Waals surface area contributed by atoms with Gasteiger partial charge in [-0.25, -0.2) is 0 Å². The monoisotopic (exact) mass is 189 g/mol. The lowest BCUT2D eigenvalue weighted by molar-refractivity contribution is -0.0937. The first kappa shape index (κ1) is 10.9. The molecule has 3 N–H and O–H groups in total. The molecule has 1 heterocycles. The van der Waals surface area contributed by atoms with Crippen LogP contribution in [-0.4, -0.2) is 43.7 Å². The van der Waals surface area contributed by atoms with Crippen LogP contribution in [0.15, 0.2) is 0 Å². The van der Waals surface area contributed by atoms with E-state index in [9.17, 15) is 5.11 Å². The van der Waals surface area contributed by atoms with E-state index in [4.69, 9.17) is 15.2 Å². The molecule has 1 fully saturated rings. The van der Waals surface area contributed by atoms with Crippen LogP contribution in [0.1, 0.15) is 13.3 Å². The summed E-state index contributed by atoms with van der Waals surface area (Å²) in [5.41, 5.74) is 4.69. The van der Waals surface area contributed by atoms with Gasteiger partial charge in [-0.05, 0) is 13.0 Å². The van der Waals surface area contributed by atoms with Crippen molar-refractivity contribution in [3.05, 3.63) is 0 Å². The maximum absolute atomic E-state index is 10.2. The third-order valence-corrected chi connectivity index (χ3v) is 2.61. The Hall–Kier alpha value is -0.160. The lowest BCUT2D eigenvalue weighted by Gasteiger charge is -2.32. The van der Waals surface area contributed by atoms with Gasteiger partial charge in [0.2, 0.25) is 0 Å². The fourth-order valence-electron chi connectivity index (χ4n) is 1.66. The van der Waals surface area contributed by atoms with Crippen molar-refractivity contribution in [1.29, 1.82) is 0 Å². The molecule has 0 aliphatic carbocycles. The zero-order valence-electron chi connectivity index (χ0n) is 8.16. The molecule has 0 radical (unpaired) electrons. The molecule has 78 valence electrons. The Morgan fingerprint density at radius 3 is 2.31 bits per heavy atom. The molecule has 1 rings (SSSR count). The summed E-state index contributed by atoms with van der Waals surface area (Å²) in [5.74, 6) is 0.0607. The van der Waals surface area contributed by atoms with E-state index in [0.717, 1.165) is 6.42 Å². The van der Waals surface area contributed by atoms with E-state index >= 15 is 0 Å². The molecule has 4 nitrogen and oxygen atoms in total. The summed E-state index contributed by atoms with van der Waals surface area (Å²) in [7, 11) is 0. The second kappa shape index (κ2) is 4.91. The molecule has 1 aliphatic heterocycles. The zero-order valence-corrected chi connectivity index (χ0v) is 8.16. The fourth-order valence-corrected chi connectivity index (χ4v) is 1.66. The normalized spacial score (nSPS) is 25.2. The van der Waals surface area contributed by atoms with Crippen molar-refractivity contribution in [1.82, 2.24) is 0 Å². The molecule has 0 aromatic rings. The summed E-state index contributed by atoms with van der Waals surface area (Å²) in [5, 5.41) is 10.2. The van der Waals surface area contributed by atoms with Gasteiger partial charge in [0.1, 0.15) is 5.60 Å². The minimum Gasteiger partial charge on any atom is -0.385 e. The van der Waals surface area contributed by atoms with Gasteiger partial charge < -0.3 is 20.3 Å². The van der Waals surface area contributed by atoms with Gasteiger partial charge in [-0.2, -0.15) is 0 Å². The molecule has 1 atom stereocenters. The molecule has 0 bridgehead atoms. The van der Waals surface area contributed by atoms with Crippen molar-refractivity contribution in [2.24, 2.45) is 11.7 Å². The molecule has 1 saturated heterocycles. The maximum Gasteiger partial charge on any atom is 0.115 e. The minimum atomic E-state index is -0.889. The quantitative estimate of drug-likeness (QED) is 0.642. The Kier molecular flexibility index (Phi) is 4.12. The molecule has 0 spiro atoms. The van der Waals surface area contributed by atoms with E-state index in [1.165, 1.54) is 0 Å². The summed E-state index contributed by atoms with van der Waals surface area (Å²) in [6.07, 6.45) is 0.847. The van der Waals surface area contributed by atoms with E-state index in [2.05, 4.69) is 0 Å². The van der Waals surface area contributed by atoms with Crippen molar-refractivity contribution in [2.45, 2.75) is 18.9 Å². The van der Waals surface area contributed by atoms with Crippen molar-refractivity contribution < 1.29 is 14.6 Å². The Labute approximate surface area is 79.0 Å². The van der Waals surface area contributed by atoms with Crippen LogP contribution in [0.4, 0.5) is 0 Å². The highest BCUT2D eigenvalue weighted by atomic mass is 16.6. The highest BCUT2D eigenvalue weighted by molar-refractivity contribution is 4.87. The van der Waals surface area contributed by atoms with Gasteiger partial charge in [0.15, 0.2) is 0 Å². The molecule has 4 heteroatoms. The van der Waals surface area contributed by atoms with E-state index in [0.29, 0.717) is 33.0 Å². The Bertz CT molecular complexity index is 140. The first-order chi connectivity index (χ1) is 6.23. The molecular weight excluding hydrogens is 170 g/mol. The highest BCUT2D eigenvalue weighted by Gasteiger charge is 2.36. The van der Waals surface area contributed by atoms with E-state index in [1.54, 1.807) is 0 Å².